The minimum atomic E-state index is -3.29. The van der Waals surface area contributed by atoms with Gasteiger partial charge in [-0.05, 0) is 24.6 Å². The highest BCUT2D eigenvalue weighted by Crippen LogP contribution is 2.24. The molecule has 0 saturated heterocycles. The number of nitrogens with one attached hydrogen (secondary N) is 1. The Morgan fingerprint density at radius 1 is 1.32 bits per heavy atom. The molecule has 0 fully saturated rings. The largest absolute Gasteiger partial charge is 1.00 e. The van der Waals surface area contributed by atoms with Crippen LogP contribution in [0.25, 0.3) is 0 Å². The topological polar surface area (TPSA) is 75.2 Å². The molecular formula is C14H20ClN3O3S. The normalized spacial score (nSPS) is 14.0. The number of hydrogen-bond donors (Lipinski definition) is 2. The van der Waals surface area contributed by atoms with Crippen LogP contribution in [-0.2, 0) is 29.2 Å². The highest BCUT2D eigenvalue weighted by molar-refractivity contribution is 7.92. The van der Waals surface area contributed by atoms with E-state index in [1.807, 2.05) is 34.9 Å². The molecule has 0 aliphatic heterocycles. The molecule has 8 heteroatoms. The summed E-state index contributed by atoms with van der Waals surface area (Å²) in [7, 11) is -1.38. The van der Waals surface area contributed by atoms with Crippen LogP contribution in [0, 0.1) is 0 Å². The summed E-state index contributed by atoms with van der Waals surface area (Å²) in [6.07, 6.45) is 6.76. The summed E-state index contributed by atoms with van der Waals surface area (Å²) in [6, 6.07) is 6.72. The van der Waals surface area contributed by atoms with Gasteiger partial charge in [-0.3, -0.25) is 4.72 Å². The predicted octanol–water partition coefficient (Wildman–Crippen LogP) is -2.40. The molecule has 1 aromatic carbocycles. The maximum atomic E-state index is 11.2. The van der Waals surface area contributed by atoms with Crippen LogP contribution in [0.4, 0.5) is 5.69 Å². The maximum Gasteiger partial charge on any atom is 0.243 e. The number of benzene rings is 1. The van der Waals surface area contributed by atoms with Crippen molar-refractivity contribution in [2.45, 2.75) is 19.1 Å². The zero-order valence-corrected chi connectivity index (χ0v) is 14.3. The lowest BCUT2D eigenvalue weighted by Gasteiger charge is -2.22. The van der Waals surface area contributed by atoms with Crippen molar-refractivity contribution in [1.29, 1.82) is 0 Å². The van der Waals surface area contributed by atoms with Crippen LogP contribution in [0.3, 0.4) is 0 Å². The van der Waals surface area contributed by atoms with Crippen molar-refractivity contribution in [3.8, 4) is 0 Å². The van der Waals surface area contributed by atoms with Crippen molar-refractivity contribution < 1.29 is 30.5 Å². The predicted molar refractivity (Wildman–Crippen MR) is 80.1 cm³/mol. The van der Waals surface area contributed by atoms with E-state index in [4.69, 9.17) is 0 Å². The fraction of sp³-hybridized carbons (Fsp3) is 0.357. The second kappa shape index (κ2) is 6.68. The van der Waals surface area contributed by atoms with E-state index in [-0.39, 0.29) is 12.4 Å². The fourth-order valence-electron chi connectivity index (χ4n) is 2.15. The van der Waals surface area contributed by atoms with Gasteiger partial charge in [-0.1, -0.05) is 12.1 Å². The molecule has 2 aromatic rings. The second-order valence-electron chi connectivity index (χ2n) is 5.48. The highest BCUT2D eigenvalue weighted by Gasteiger charge is 2.26. The quantitative estimate of drug-likeness (QED) is 0.593. The van der Waals surface area contributed by atoms with Gasteiger partial charge in [-0.25, -0.2) is 17.6 Å². The summed E-state index contributed by atoms with van der Waals surface area (Å²) in [6.45, 7) is 2.14. The summed E-state index contributed by atoms with van der Waals surface area (Å²) in [5.74, 6) is 0. The third-order valence-corrected chi connectivity index (χ3v) is 3.73. The number of rotatable bonds is 5. The molecule has 0 aliphatic rings. The molecule has 0 bridgehead atoms. The number of sulfonamides is 1. The molecule has 1 aromatic heterocycles. The van der Waals surface area contributed by atoms with Gasteiger partial charge in [0.15, 0.2) is 0 Å². The average Bonchev–Trinajstić information content (AvgIpc) is 2.72. The van der Waals surface area contributed by atoms with E-state index >= 15 is 0 Å². The number of imidazole rings is 1. The number of hydrogen-bond acceptors (Lipinski definition) is 3. The second-order valence-corrected chi connectivity index (χ2v) is 7.23. The van der Waals surface area contributed by atoms with Crippen LogP contribution in [0.1, 0.15) is 12.5 Å². The van der Waals surface area contributed by atoms with Crippen molar-refractivity contribution in [2.24, 2.45) is 7.05 Å². The van der Waals surface area contributed by atoms with Crippen LogP contribution >= 0.6 is 0 Å². The van der Waals surface area contributed by atoms with Crippen LogP contribution in [0.5, 0.6) is 0 Å². The van der Waals surface area contributed by atoms with E-state index in [0.29, 0.717) is 12.2 Å². The summed E-state index contributed by atoms with van der Waals surface area (Å²) in [4.78, 5) is 0. The lowest BCUT2D eigenvalue weighted by atomic mass is 9.96. The van der Waals surface area contributed by atoms with Crippen molar-refractivity contribution >= 4 is 15.7 Å². The van der Waals surface area contributed by atoms with E-state index < -0.39 is 15.6 Å². The zero-order chi connectivity index (χ0) is 15.7. The minimum absolute atomic E-state index is 0. The number of halogens is 1. The van der Waals surface area contributed by atoms with Gasteiger partial charge in [0, 0.05) is 5.69 Å². The van der Waals surface area contributed by atoms with Gasteiger partial charge < -0.3 is 17.5 Å². The van der Waals surface area contributed by atoms with Gasteiger partial charge in [-0.2, -0.15) is 0 Å². The Hall–Kier alpha value is -1.57. The molecule has 0 aliphatic carbocycles. The number of aryl methyl sites for hydroxylation is 1. The third kappa shape index (κ3) is 5.01. The maximum absolute atomic E-state index is 11.2. The first-order valence-electron chi connectivity index (χ1n) is 6.47. The van der Waals surface area contributed by atoms with Gasteiger partial charge >= 0.3 is 0 Å². The van der Waals surface area contributed by atoms with Crippen LogP contribution < -0.4 is 21.7 Å². The van der Waals surface area contributed by atoms with Gasteiger partial charge in [-0.15, -0.1) is 0 Å². The Morgan fingerprint density at radius 3 is 2.36 bits per heavy atom. The molecule has 122 valence electrons. The Morgan fingerprint density at radius 2 is 1.91 bits per heavy atom. The average molecular weight is 346 g/mol. The SMILES string of the molecule is C[n+]1ccn(CC(C)(O)c2ccc(NS(C)(=O)=O)cc2)c1.[Cl-]. The van der Waals surface area contributed by atoms with Crippen molar-refractivity contribution in [3.05, 3.63) is 48.5 Å². The smallest absolute Gasteiger partial charge is 0.243 e. The van der Waals surface area contributed by atoms with Gasteiger partial charge in [0.25, 0.3) is 0 Å². The number of nitrogens with zero attached hydrogens (tertiary/aromatic N) is 2. The molecular weight excluding hydrogens is 326 g/mol. The van der Waals surface area contributed by atoms with Crippen LogP contribution in [0.15, 0.2) is 43.0 Å². The lowest BCUT2D eigenvalue weighted by Crippen LogP contribution is -3.00. The van der Waals surface area contributed by atoms with Crippen LogP contribution in [0.2, 0.25) is 0 Å². The molecule has 2 rings (SSSR count). The summed E-state index contributed by atoms with van der Waals surface area (Å²) >= 11 is 0. The minimum Gasteiger partial charge on any atom is -1.00 e. The zero-order valence-electron chi connectivity index (χ0n) is 12.7. The Bertz CT molecular complexity index is 724. The molecule has 0 spiro atoms. The van der Waals surface area contributed by atoms with Gasteiger partial charge in [0.2, 0.25) is 16.4 Å². The fourth-order valence-corrected chi connectivity index (χ4v) is 2.72. The molecule has 0 saturated carbocycles. The molecule has 6 nitrogen and oxygen atoms in total. The summed E-state index contributed by atoms with van der Waals surface area (Å²) in [5.41, 5.74) is 0.151. The van der Waals surface area contributed by atoms with E-state index in [9.17, 15) is 13.5 Å². The summed E-state index contributed by atoms with van der Waals surface area (Å²) < 4.78 is 28.5. The number of aromatic nitrogens is 2. The number of aliphatic hydroxyl groups is 1. The molecule has 22 heavy (non-hydrogen) atoms. The van der Waals surface area contributed by atoms with E-state index in [1.165, 1.54) is 0 Å². The van der Waals surface area contributed by atoms with E-state index in [2.05, 4.69) is 4.72 Å². The van der Waals surface area contributed by atoms with E-state index in [1.54, 1.807) is 31.2 Å². The Balaban J connectivity index is 0.00000242. The Kier molecular flexibility index (Phi) is 5.61. The first-order chi connectivity index (χ1) is 9.66. The van der Waals surface area contributed by atoms with Crippen molar-refractivity contribution in [2.75, 3.05) is 11.0 Å². The van der Waals surface area contributed by atoms with Gasteiger partial charge in [0.1, 0.15) is 24.5 Å². The monoisotopic (exact) mass is 345 g/mol. The Labute approximate surface area is 136 Å². The van der Waals surface area contributed by atoms with E-state index in [0.717, 1.165) is 11.8 Å². The first kappa shape index (κ1) is 18.5. The van der Waals surface area contributed by atoms with Crippen molar-refractivity contribution in [3.63, 3.8) is 0 Å². The lowest BCUT2D eigenvalue weighted by molar-refractivity contribution is -0.671. The van der Waals surface area contributed by atoms with Crippen molar-refractivity contribution in [1.82, 2.24) is 4.57 Å². The first-order valence-corrected chi connectivity index (χ1v) is 8.37. The van der Waals surface area contributed by atoms with Gasteiger partial charge in [0.05, 0.1) is 13.3 Å². The molecule has 0 radical (unpaired) electrons. The third-order valence-electron chi connectivity index (χ3n) is 3.12. The molecule has 1 heterocycles. The molecule has 2 N–H and O–H groups in total. The molecule has 1 unspecified atom stereocenters. The standard InChI is InChI=1S/C14H20N3O3S.ClH/c1-14(18,10-17-9-8-16(2)11-17)12-4-6-13(7-5-12)15-21(3,19)20;/h4-9,11,15,18H,10H2,1-3H3;1H/q+1;/p-1. The number of anilines is 1. The summed E-state index contributed by atoms with van der Waals surface area (Å²) in [5, 5.41) is 10.6. The highest BCUT2D eigenvalue weighted by atomic mass is 35.5. The molecule has 1 atom stereocenters. The molecule has 0 amide bonds. The van der Waals surface area contributed by atoms with Crippen LogP contribution in [-0.4, -0.2) is 24.3 Å².